The fraction of sp³-hybridized carbons (Fsp3) is 0.500. The van der Waals surface area contributed by atoms with Crippen LogP contribution in [-0.2, 0) is 13.0 Å². The second-order valence-electron chi connectivity index (χ2n) is 5.31. The van der Waals surface area contributed by atoms with Gasteiger partial charge in [-0.1, -0.05) is 5.16 Å². The van der Waals surface area contributed by atoms with Crippen molar-refractivity contribution in [3.63, 3.8) is 0 Å². The molecule has 0 saturated heterocycles. The summed E-state index contributed by atoms with van der Waals surface area (Å²) in [6, 6.07) is 0. The molecule has 2 aromatic rings. The third-order valence-electron chi connectivity index (χ3n) is 3.84. The minimum absolute atomic E-state index is 0.0994. The quantitative estimate of drug-likeness (QED) is 0.920. The molecule has 0 aromatic carbocycles. The third kappa shape index (κ3) is 2.33. The van der Waals surface area contributed by atoms with E-state index in [0.29, 0.717) is 29.5 Å². The minimum atomic E-state index is -0.0994. The van der Waals surface area contributed by atoms with E-state index in [-0.39, 0.29) is 5.91 Å². The van der Waals surface area contributed by atoms with Crippen molar-refractivity contribution in [3.8, 4) is 0 Å². The van der Waals surface area contributed by atoms with E-state index >= 15 is 0 Å². The zero-order chi connectivity index (χ0) is 14.1. The molecule has 0 saturated carbocycles. The number of fused-ring (bicyclic) bond motifs is 1. The molecule has 20 heavy (non-hydrogen) atoms. The van der Waals surface area contributed by atoms with Gasteiger partial charge in [-0.25, -0.2) is 4.98 Å². The molecule has 3 rings (SSSR count). The molecule has 1 amide bonds. The monoisotopic (exact) mass is 274 g/mol. The lowest BCUT2D eigenvalue weighted by atomic mass is 9.99. The summed E-state index contributed by atoms with van der Waals surface area (Å²) in [4.78, 5) is 16.5. The Bertz CT molecular complexity index is 609. The smallest absolute Gasteiger partial charge is 0.256 e. The number of amides is 1. The lowest BCUT2D eigenvalue weighted by Gasteiger charge is -2.23. The number of nitrogens with zero attached hydrogens (tertiary/aromatic N) is 3. The van der Waals surface area contributed by atoms with Crippen LogP contribution < -0.4 is 5.32 Å². The molecule has 0 spiro atoms. The highest BCUT2D eigenvalue weighted by atomic mass is 16.5. The first-order chi connectivity index (χ1) is 9.65. The fourth-order valence-electron chi connectivity index (χ4n) is 2.74. The van der Waals surface area contributed by atoms with E-state index in [4.69, 9.17) is 4.52 Å². The molecule has 106 valence electrons. The van der Waals surface area contributed by atoms with Crippen LogP contribution in [0, 0.1) is 19.8 Å². The Labute approximate surface area is 117 Å². The largest absolute Gasteiger partial charge is 0.361 e. The second-order valence-corrected chi connectivity index (χ2v) is 5.31. The number of aryl methyl sites for hydroxylation is 3. The van der Waals surface area contributed by atoms with Gasteiger partial charge in [0.2, 0.25) is 0 Å². The average molecular weight is 274 g/mol. The lowest BCUT2D eigenvalue weighted by molar-refractivity contribution is 0.0941. The van der Waals surface area contributed by atoms with Crippen LogP contribution in [0.3, 0.4) is 0 Å². The van der Waals surface area contributed by atoms with Crippen molar-refractivity contribution in [1.29, 1.82) is 0 Å². The Morgan fingerprint density at radius 2 is 2.40 bits per heavy atom. The predicted octanol–water partition coefficient (Wildman–Crippen LogP) is 1.48. The van der Waals surface area contributed by atoms with Gasteiger partial charge in [0.1, 0.15) is 17.1 Å². The average Bonchev–Trinajstić information content (AvgIpc) is 3.02. The normalized spacial score (nSPS) is 17.8. The van der Waals surface area contributed by atoms with Crippen LogP contribution in [0.25, 0.3) is 0 Å². The number of carbonyl (C=O) groups is 1. The number of imidazole rings is 1. The number of rotatable bonds is 3. The van der Waals surface area contributed by atoms with Crippen LogP contribution in [0.2, 0.25) is 0 Å². The Balaban J connectivity index is 1.60. The van der Waals surface area contributed by atoms with Crippen molar-refractivity contribution < 1.29 is 9.32 Å². The van der Waals surface area contributed by atoms with Gasteiger partial charge in [0.15, 0.2) is 0 Å². The van der Waals surface area contributed by atoms with E-state index in [2.05, 4.69) is 20.0 Å². The Morgan fingerprint density at radius 3 is 3.15 bits per heavy atom. The molecular weight excluding hydrogens is 256 g/mol. The van der Waals surface area contributed by atoms with Crippen LogP contribution in [0.15, 0.2) is 16.9 Å². The molecule has 6 heteroatoms. The summed E-state index contributed by atoms with van der Waals surface area (Å²) in [6.45, 7) is 5.12. The van der Waals surface area contributed by atoms with E-state index in [1.807, 2.05) is 12.4 Å². The van der Waals surface area contributed by atoms with Crippen molar-refractivity contribution in [1.82, 2.24) is 20.0 Å². The van der Waals surface area contributed by atoms with Gasteiger partial charge in [0.25, 0.3) is 5.91 Å². The zero-order valence-electron chi connectivity index (χ0n) is 11.7. The highest BCUT2D eigenvalue weighted by molar-refractivity contribution is 5.96. The number of hydrogen-bond acceptors (Lipinski definition) is 4. The molecule has 1 atom stereocenters. The maximum Gasteiger partial charge on any atom is 0.256 e. The van der Waals surface area contributed by atoms with Crippen molar-refractivity contribution in [2.75, 3.05) is 6.54 Å². The van der Waals surface area contributed by atoms with E-state index in [9.17, 15) is 4.79 Å². The van der Waals surface area contributed by atoms with Crippen LogP contribution in [0.1, 0.15) is 34.1 Å². The first kappa shape index (κ1) is 12.9. The molecule has 0 fully saturated rings. The summed E-state index contributed by atoms with van der Waals surface area (Å²) in [5, 5.41) is 6.79. The summed E-state index contributed by atoms with van der Waals surface area (Å²) in [5.74, 6) is 2.05. The molecule has 6 nitrogen and oxygen atoms in total. The number of hydrogen-bond donors (Lipinski definition) is 1. The highest BCUT2D eigenvalue weighted by Gasteiger charge is 2.21. The van der Waals surface area contributed by atoms with Crippen LogP contribution in [0.5, 0.6) is 0 Å². The van der Waals surface area contributed by atoms with Gasteiger partial charge in [0, 0.05) is 31.9 Å². The van der Waals surface area contributed by atoms with Gasteiger partial charge >= 0.3 is 0 Å². The Kier molecular flexibility index (Phi) is 3.30. The molecule has 2 aromatic heterocycles. The van der Waals surface area contributed by atoms with Gasteiger partial charge in [-0.05, 0) is 26.2 Å². The standard InChI is InChI=1S/C14H18N4O2/c1-9-13(10(2)20-17-9)14(19)16-7-11-3-4-12-15-5-6-18(12)8-11/h5-6,11H,3-4,7-8H2,1-2H3,(H,16,19)/t11-/m1/s1. The Morgan fingerprint density at radius 1 is 1.55 bits per heavy atom. The molecule has 3 heterocycles. The van der Waals surface area contributed by atoms with Gasteiger partial charge < -0.3 is 14.4 Å². The van der Waals surface area contributed by atoms with Crippen LogP contribution in [0.4, 0.5) is 0 Å². The number of nitrogens with one attached hydrogen (secondary N) is 1. The van der Waals surface area contributed by atoms with E-state index in [1.165, 1.54) is 0 Å². The van der Waals surface area contributed by atoms with E-state index < -0.39 is 0 Å². The maximum absolute atomic E-state index is 12.2. The molecule has 1 aliphatic rings. The highest BCUT2D eigenvalue weighted by Crippen LogP contribution is 2.18. The first-order valence-corrected chi connectivity index (χ1v) is 6.86. The molecule has 0 radical (unpaired) electrons. The molecule has 0 aliphatic carbocycles. The second kappa shape index (κ2) is 5.11. The molecule has 1 aliphatic heterocycles. The topological polar surface area (TPSA) is 73.0 Å². The summed E-state index contributed by atoms with van der Waals surface area (Å²) in [7, 11) is 0. The van der Waals surface area contributed by atoms with Gasteiger partial charge in [-0.3, -0.25) is 4.79 Å². The van der Waals surface area contributed by atoms with Crippen molar-refractivity contribution >= 4 is 5.91 Å². The molecule has 0 unspecified atom stereocenters. The molecule has 1 N–H and O–H groups in total. The van der Waals surface area contributed by atoms with Crippen LogP contribution in [-0.4, -0.2) is 27.2 Å². The number of carbonyl (C=O) groups excluding carboxylic acids is 1. The van der Waals surface area contributed by atoms with Crippen molar-refractivity contribution in [2.45, 2.75) is 33.2 Å². The fourth-order valence-corrected chi connectivity index (χ4v) is 2.74. The van der Waals surface area contributed by atoms with Gasteiger partial charge in [0.05, 0.1) is 5.69 Å². The SMILES string of the molecule is Cc1noc(C)c1C(=O)NC[C@H]1CCc2nccn2C1. The zero-order valence-corrected chi connectivity index (χ0v) is 11.7. The van der Waals surface area contributed by atoms with E-state index in [1.54, 1.807) is 13.8 Å². The van der Waals surface area contributed by atoms with E-state index in [0.717, 1.165) is 25.2 Å². The first-order valence-electron chi connectivity index (χ1n) is 6.86. The lowest BCUT2D eigenvalue weighted by Crippen LogP contribution is -2.34. The van der Waals surface area contributed by atoms with Crippen LogP contribution >= 0.6 is 0 Å². The van der Waals surface area contributed by atoms with Gasteiger partial charge in [-0.15, -0.1) is 0 Å². The van der Waals surface area contributed by atoms with Gasteiger partial charge in [-0.2, -0.15) is 0 Å². The Hall–Kier alpha value is -2.11. The summed E-state index contributed by atoms with van der Waals surface area (Å²) >= 11 is 0. The van der Waals surface area contributed by atoms with Crippen molar-refractivity contribution in [2.24, 2.45) is 5.92 Å². The summed E-state index contributed by atoms with van der Waals surface area (Å²) in [5.41, 5.74) is 1.20. The summed E-state index contributed by atoms with van der Waals surface area (Å²) < 4.78 is 7.18. The minimum Gasteiger partial charge on any atom is -0.361 e. The maximum atomic E-state index is 12.2. The third-order valence-corrected chi connectivity index (χ3v) is 3.84. The number of aromatic nitrogens is 3. The molecular formula is C14H18N4O2. The summed E-state index contributed by atoms with van der Waals surface area (Å²) in [6.07, 6.45) is 5.86. The predicted molar refractivity (Wildman–Crippen MR) is 72.3 cm³/mol. The molecule has 0 bridgehead atoms. The van der Waals surface area contributed by atoms with Crippen molar-refractivity contribution in [3.05, 3.63) is 35.2 Å².